The van der Waals surface area contributed by atoms with Crippen LogP contribution in [0.1, 0.15) is 29.3 Å². The quantitative estimate of drug-likeness (QED) is 0.458. The highest BCUT2D eigenvalue weighted by molar-refractivity contribution is 6.17. The molecule has 0 fully saturated rings. The molecule has 5 nitrogen and oxygen atoms in total. The van der Waals surface area contributed by atoms with Crippen molar-refractivity contribution in [1.29, 1.82) is 0 Å². The number of nitrogens with zero attached hydrogens (tertiary/aromatic N) is 2. The highest BCUT2D eigenvalue weighted by Crippen LogP contribution is 2.22. The van der Waals surface area contributed by atoms with Gasteiger partial charge >= 0.3 is 0 Å². The fourth-order valence-corrected chi connectivity index (χ4v) is 2.00. The number of nitro benzene ring substituents is 1. The smallest absolute Gasteiger partial charge is 0.273 e. The lowest BCUT2D eigenvalue weighted by Crippen LogP contribution is -2.32. The predicted octanol–water partition coefficient (Wildman–Crippen LogP) is 2.99. The third-order valence-electron chi connectivity index (χ3n) is 2.96. The fourth-order valence-electron chi connectivity index (χ4n) is 1.88. The first kappa shape index (κ1) is 15.4. The maximum Gasteiger partial charge on any atom is 0.273 e. The summed E-state index contributed by atoms with van der Waals surface area (Å²) in [5.41, 5.74) is 0.756. The van der Waals surface area contributed by atoms with E-state index >= 15 is 0 Å². The zero-order valence-corrected chi connectivity index (χ0v) is 11.8. The van der Waals surface area contributed by atoms with Crippen LogP contribution in [0.15, 0.2) is 18.2 Å². The molecule has 1 aromatic rings. The highest BCUT2D eigenvalue weighted by Gasteiger charge is 2.21. The number of alkyl halides is 1. The molecule has 0 heterocycles. The van der Waals surface area contributed by atoms with E-state index in [9.17, 15) is 14.9 Å². The Morgan fingerprint density at radius 3 is 2.68 bits per heavy atom. The third kappa shape index (κ3) is 3.67. The second kappa shape index (κ2) is 7.09. The zero-order chi connectivity index (χ0) is 14.4. The molecule has 1 amide bonds. The van der Waals surface area contributed by atoms with Crippen molar-refractivity contribution in [3.63, 3.8) is 0 Å². The van der Waals surface area contributed by atoms with E-state index in [1.54, 1.807) is 17.9 Å². The number of hydrogen-bond donors (Lipinski definition) is 0. The molecule has 19 heavy (non-hydrogen) atoms. The molecule has 0 atom stereocenters. The molecule has 0 saturated heterocycles. The van der Waals surface area contributed by atoms with Gasteiger partial charge in [0.25, 0.3) is 11.6 Å². The second-order valence-corrected chi connectivity index (χ2v) is 4.51. The van der Waals surface area contributed by atoms with Crippen LogP contribution in [-0.2, 0) is 0 Å². The van der Waals surface area contributed by atoms with Crippen LogP contribution in [0, 0.1) is 17.0 Å². The second-order valence-electron chi connectivity index (χ2n) is 4.13. The van der Waals surface area contributed by atoms with Crippen LogP contribution in [-0.4, -0.2) is 34.7 Å². The Morgan fingerprint density at radius 1 is 1.47 bits per heavy atom. The number of rotatable bonds is 6. The topological polar surface area (TPSA) is 63.5 Å². The summed E-state index contributed by atoms with van der Waals surface area (Å²) < 4.78 is 0. The molecule has 0 aromatic heterocycles. The van der Waals surface area contributed by atoms with Crippen LogP contribution < -0.4 is 0 Å². The van der Waals surface area contributed by atoms with Gasteiger partial charge in [-0.15, -0.1) is 11.6 Å². The Morgan fingerprint density at radius 2 is 2.16 bits per heavy atom. The van der Waals surface area contributed by atoms with E-state index in [0.717, 1.165) is 0 Å². The third-order valence-corrected chi connectivity index (χ3v) is 3.23. The van der Waals surface area contributed by atoms with Gasteiger partial charge in [-0.05, 0) is 26.3 Å². The molecule has 0 aliphatic rings. The van der Waals surface area contributed by atoms with Crippen LogP contribution >= 0.6 is 11.6 Å². The summed E-state index contributed by atoms with van der Waals surface area (Å²) in [6, 6.07) is 4.56. The Kier molecular flexibility index (Phi) is 5.76. The maximum atomic E-state index is 12.3. The largest absolute Gasteiger partial charge is 0.339 e. The van der Waals surface area contributed by atoms with E-state index in [4.69, 9.17) is 11.6 Å². The number of amides is 1. The Bertz CT molecular complexity index is 477. The van der Waals surface area contributed by atoms with E-state index in [-0.39, 0.29) is 11.6 Å². The van der Waals surface area contributed by atoms with E-state index in [1.165, 1.54) is 12.1 Å². The molecule has 0 bridgehead atoms. The van der Waals surface area contributed by atoms with Gasteiger partial charge in [0.05, 0.1) is 4.92 Å². The van der Waals surface area contributed by atoms with Gasteiger partial charge in [-0.1, -0.05) is 6.07 Å². The molecule has 0 radical (unpaired) electrons. The monoisotopic (exact) mass is 284 g/mol. The molecule has 0 spiro atoms. The van der Waals surface area contributed by atoms with Gasteiger partial charge in [0.15, 0.2) is 0 Å². The summed E-state index contributed by atoms with van der Waals surface area (Å²) in [5.74, 6) is 0.298. The molecule has 0 aliphatic carbocycles. The first-order valence-corrected chi connectivity index (χ1v) is 6.65. The SMILES string of the molecule is CCN(CCCCl)C(=O)c1cccc([N+](=O)[O-])c1C. The minimum absolute atomic E-state index is 0.0285. The number of carbonyl (C=O) groups excluding carboxylic acids is 1. The van der Waals surface area contributed by atoms with Crippen molar-refractivity contribution < 1.29 is 9.72 Å². The van der Waals surface area contributed by atoms with Gasteiger partial charge in [0.1, 0.15) is 0 Å². The van der Waals surface area contributed by atoms with E-state index in [1.807, 2.05) is 6.92 Å². The number of carbonyl (C=O) groups is 1. The lowest BCUT2D eigenvalue weighted by Gasteiger charge is -2.21. The van der Waals surface area contributed by atoms with E-state index in [2.05, 4.69) is 0 Å². The van der Waals surface area contributed by atoms with E-state index < -0.39 is 4.92 Å². The summed E-state index contributed by atoms with van der Waals surface area (Å²) in [6.07, 6.45) is 0.703. The average Bonchev–Trinajstić information content (AvgIpc) is 2.39. The van der Waals surface area contributed by atoms with Gasteiger partial charge in [0.2, 0.25) is 0 Å². The van der Waals surface area contributed by atoms with Gasteiger partial charge in [0, 0.05) is 36.2 Å². The lowest BCUT2D eigenvalue weighted by atomic mass is 10.1. The molecule has 6 heteroatoms. The van der Waals surface area contributed by atoms with E-state index in [0.29, 0.717) is 36.5 Å². The van der Waals surface area contributed by atoms with Crippen molar-refractivity contribution in [1.82, 2.24) is 4.90 Å². The average molecular weight is 285 g/mol. The Labute approximate surface area is 117 Å². The zero-order valence-electron chi connectivity index (χ0n) is 11.1. The van der Waals surface area contributed by atoms with Crippen LogP contribution in [0.3, 0.4) is 0 Å². The standard InChI is InChI=1S/C13H17ClN2O3/c1-3-15(9-5-8-14)13(17)11-6-4-7-12(10(11)2)16(18)19/h4,6-7H,3,5,8-9H2,1-2H3. The highest BCUT2D eigenvalue weighted by atomic mass is 35.5. The minimum Gasteiger partial charge on any atom is -0.339 e. The van der Waals surface area contributed by atoms with Crippen LogP contribution in [0.2, 0.25) is 0 Å². The van der Waals surface area contributed by atoms with Gasteiger partial charge < -0.3 is 4.90 Å². The Balaban J connectivity index is 3.04. The van der Waals surface area contributed by atoms with Gasteiger partial charge in [-0.2, -0.15) is 0 Å². The normalized spacial score (nSPS) is 10.3. The van der Waals surface area contributed by atoms with Crippen molar-refractivity contribution in [2.75, 3.05) is 19.0 Å². The summed E-state index contributed by atoms with van der Waals surface area (Å²) in [7, 11) is 0. The molecular formula is C13H17ClN2O3. The molecule has 0 N–H and O–H groups in total. The lowest BCUT2D eigenvalue weighted by molar-refractivity contribution is -0.385. The number of benzene rings is 1. The van der Waals surface area contributed by atoms with Crippen LogP contribution in [0.5, 0.6) is 0 Å². The number of nitro groups is 1. The predicted molar refractivity (Wildman–Crippen MR) is 74.7 cm³/mol. The van der Waals surface area contributed by atoms with Gasteiger partial charge in [-0.25, -0.2) is 0 Å². The van der Waals surface area contributed by atoms with Crippen molar-refractivity contribution in [2.45, 2.75) is 20.3 Å². The summed E-state index contributed by atoms with van der Waals surface area (Å²) in [5, 5.41) is 10.9. The molecule has 0 saturated carbocycles. The van der Waals surface area contributed by atoms with Crippen molar-refractivity contribution in [3.8, 4) is 0 Å². The van der Waals surface area contributed by atoms with Crippen molar-refractivity contribution in [2.24, 2.45) is 0 Å². The fraction of sp³-hybridized carbons (Fsp3) is 0.462. The first-order valence-electron chi connectivity index (χ1n) is 6.12. The molecular weight excluding hydrogens is 268 g/mol. The summed E-state index contributed by atoms with van der Waals surface area (Å²) >= 11 is 5.62. The van der Waals surface area contributed by atoms with Crippen molar-refractivity contribution in [3.05, 3.63) is 39.4 Å². The minimum atomic E-state index is -0.471. The van der Waals surface area contributed by atoms with Crippen LogP contribution in [0.25, 0.3) is 0 Å². The summed E-state index contributed by atoms with van der Waals surface area (Å²) in [6.45, 7) is 4.58. The number of hydrogen-bond acceptors (Lipinski definition) is 3. The molecule has 0 unspecified atom stereocenters. The molecule has 1 aromatic carbocycles. The summed E-state index contributed by atoms with van der Waals surface area (Å²) in [4.78, 5) is 24.4. The molecule has 0 aliphatic heterocycles. The van der Waals surface area contributed by atoms with Crippen molar-refractivity contribution >= 4 is 23.2 Å². The Hall–Kier alpha value is -1.62. The molecule has 104 valence electrons. The maximum absolute atomic E-state index is 12.3. The molecule has 1 rings (SSSR count). The van der Waals surface area contributed by atoms with Crippen LogP contribution in [0.4, 0.5) is 5.69 Å². The number of halogens is 1. The van der Waals surface area contributed by atoms with Gasteiger partial charge in [-0.3, -0.25) is 14.9 Å². The first-order chi connectivity index (χ1) is 9.02.